The summed E-state index contributed by atoms with van der Waals surface area (Å²) in [6.45, 7) is 2.59. The molecule has 4 atom stereocenters. The Kier molecular flexibility index (Phi) is 4.36. The van der Waals surface area contributed by atoms with E-state index in [0.29, 0.717) is 34.5 Å². The molecule has 3 fully saturated rings. The molecule has 10 heteroatoms. The third-order valence-electron chi connectivity index (χ3n) is 7.18. The Hall–Kier alpha value is -3.01. The van der Waals surface area contributed by atoms with Crippen molar-refractivity contribution in [3.8, 4) is 10.7 Å². The second-order valence-corrected chi connectivity index (χ2v) is 10.1. The normalized spacial score (nSPS) is 27.5. The summed E-state index contributed by atoms with van der Waals surface area (Å²) in [4.78, 5) is 28.4. The molecule has 3 aliphatic rings. The summed E-state index contributed by atoms with van der Waals surface area (Å²) in [5.41, 5.74) is 1.37. The average molecular weight is 472 g/mol. The number of likely N-dealkylation sites (tertiary alicyclic amines) is 1. The van der Waals surface area contributed by atoms with Crippen molar-refractivity contribution in [2.75, 3.05) is 11.9 Å². The van der Waals surface area contributed by atoms with Crippen molar-refractivity contribution in [1.82, 2.24) is 19.9 Å². The minimum absolute atomic E-state index is 0.0104. The first kappa shape index (κ1) is 20.6. The van der Waals surface area contributed by atoms with Gasteiger partial charge in [-0.25, -0.2) is 9.97 Å². The van der Waals surface area contributed by atoms with Crippen LogP contribution in [0.25, 0.3) is 10.7 Å². The molecule has 1 aliphatic heterocycles. The van der Waals surface area contributed by atoms with Gasteiger partial charge in [0.25, 0.3) is 5.91 Å². The molecule has 1 saturated heterocycles. The molecular formula is C23H20F3N5OS. The molecule has 3 aromatic rings. The third kappa shape index (κ3) is 3.22. The van der Waals surface area contributed by atoms with E-state index in [0.717, 1.165) is 30.7 Å². The van der Waals surface area contributed by atoms with Crippen molar-refractivity contribution in [3.05, 3.63) is 58.9 Å². The number of rotatable bonds is 4. The number of alkyl halides is 3. The molecule has 0 bridgehead atoms. The maximum absolute atomic E-state index is 13.7. The van der Waals surface area contributed by atoms with E-state index < -0.39 is 11.7 Å². The number of aromatic nitrogens is 3. The monoisotopic (exact) mass is 471 g/mol. The number of hydrogen-bond donors (Lipinski definition) is 1. The Morgan fingerprint density at radius 3 is 2.76 bits per heavy atom. The van der Waals surface area contributed by atoms with Crippen molar-refractivity contribution in [1.29, 1.82) is 0 Å². The molecule has 0 radical (unpaired) electrons. The number of carbonyl (C=O) groups excluding carboxylic acids is 1. The zero-order valence-electron chi connectivity index (χ0n) is 17.6. The van der Waals surface area contributed by atoms with Gasteiger partial charge in [0, 0.05) is 36.6 Å². The lowest BCUT2D eigenvalue weighted by Gasteiger charge is -2.48. The number of nitrogens with one attached hydrogen (secondary N) is 1. The summed E-state index contributed by atoms with van der Waals surface area (Å²) >= 11 is 1.44. The molecule has 3 aromatic heterocycles. The molecule has 4 unspecified atom stereocenters. The lowest BCUT2D eigenvalue weighted by Crippen LogP contribution is -2.60. The second-order valence-electron chi connectivity index (χ2n) is 9.17. The number of anilines is 1. The van der Waals surface area contributed by atoms with Gasteiger partial charge in [-0.3, -0.25) is 9.78 Å². The van der Waals surface area contributed by atoms with Crippen LogP contribution in [0, 0.1) is 18.3 Å². The number of thiazole rings is 1. The fourth-order valence-electron chi connectivity index (χ4n) is 5.59. The smallest absolute Gasteiger partial charge is 0.365 e. The highest BCUT2D eigenvalue weighted by molar-refractivity contribution is 7.13. The van der Waals surface area contributed by atoms with Crippen LogP contribution in [0.15, 0.2) is 42.2 Å². The molecule has 6 rings (SSSR count). The zero-order chi connectivity index (χ0) is 23.0. The highest BCUT2D eigenvalue weighted by Crippen LogP contribution is 2.71. The Morgan fingerprint density at radius 1 is 1.21 bits per heavy atom. The predicted molar refractivity (Wildman–Crippen MR) is 117 cm³/mol. The van der Waals surface area contributed by atoms with Crippen LogP contribution in [-0.2, 0) is 6.18 Å². The van der Waals surface area contributed by atoms with Crippen molar-refractivity contribution in [3.63, 3.8) is 0 Å². The van der Waals surface area contributed by atoms with E-state index in [1.807, 2.05) is 23.3 Å². The number of aryl methyl sites for hydroxylation is 1. The SMILES string of the molecule is Cc1cnc(-c2nccs2)c(C(=O)N2CC3CC34CC(Nc3ccc(C(F)(F)F)cn3)C24)c1. The van der Waals surface area contributed by atoms with E-state index in [9.17, 15) is 18.0 Å². The average Bonchev–Trinajstić information content (AvgIpc) is 3.14. The molecule has 33 heavy (non-hydrogen) atoms. The molecule has 2 saturated carbocycles. The Bertz CT molecular complexity index is 1230. The number of carbonyl (C=O) groups is 1. The second kappa shape index (κ2) is 6.99. The number of pyridine rings is 2. The number of piperidine rings is 1. The van der Waals surface area contributed by atoms with Gasteiger partial charge in [-0.05, 0) is 54.9 Å². The van der Waals surface area contributed by atoms with Gasteiger partial charge in [0.2, 0.25) is 0 Å². The van der Waals surface area contributed by atoms with Crippen LogP contribution in [-0.4, -0.2) is 44.4 Å². The topological polar surface area (TPSA) is 71.0 Å². The first-order valence-electron chi connectivity index (χ1n) is 10.7. The van der Waals surface area contributed by atoms with E-state index in [1.165, 1.54) is 17.4 Å². The molecule has 1 amide bonds. The number of nitrogens with zero attached hydrogens (tertiary/aromatic N) is 4. The number of hydrogen-bond acceptors (Lipinski definition) is 6. The van der Waals surface area contributed by atoms with Crippen LogP contribution in [0.4, 0.5) is 19.0 Å². The van der Waals surface area contributed by atoms with E-state index in [4.69, 9.17) is 0 Å². The minimum atomic E-state index is -4.42. The summed E-state index contributed by atoms with van der Waals surface area (Å²) in [7, 11) is 0. The Balaban J connectivity index is 1.26. The molecular weight excluding hydrogens is 451 g/mol. The molecule has 6 nitrogen and oxygen atoms in total. The molecule has 170 valence electrons. The quantitative estimate of drug-likeness (QED) is 0.600. The lowest BCUT2D eigenvalue weighted by atomic mass is 9.71. The van der Waals surface area contributed by atoms with Gasteiger partial charge >= 0.3 is 6.18 Å². The van der Waals surface area contributed by atoms with E-state index in [1.54, 1.807) is 12.4 Å². The summed E-state index contributed by atoms with van der Waals surface area (Å²) in [5.74, 6) is 0.797. The lowest BCUT2D eigenvalue weighted by molar-refractivity contribution is -0.137. The van der Waals surface area contributed by atoms with Crippen LogP contribution in [0.2, 0.25) is 0 Å². The minimum Gasteiger partial charge on any atom is -0.365 e. The molecule has 2 aliphatic carbocycles. The van der Waals surface area contributed by atoms with E-state index in [-0.39, 0.29) is 23.4 Å². The summed E-state index contributed by atoms with van der Waals surface area (Å²) in [6, 6.07) is 4.18. The van der Waals surface area contributed by atoms with Crippen molar-refractivity contribution >= 4 is 23.1 Å². The first-order chi connectivity index (χ1) is 15.8. The van der Waals surface area contributed by atoms with Gasteiger partial charge in [0.05, 0.1) is 17.2 Å². The van der Waals surface area contributed by atoms with Crippen LogP contribution in [0.3, 0.4) is 0 Å². The fourth-order valence-corrected chi connectivity index (χ4v) is 6.24. The zero-order valence-corrected chi connectivity index (χ0v) is 18.5. The molecule has 4 heterocycles. The van der Waals surface area contributed by atoms with Crippen molar-refractivity contribution < 1.29 is 18.0 Å². The van der Waals surface area contributed by atoms with Gasteiger partial charge in [-0.2, -0.15) is 13.2 Å². The van der Waals surface area contributed by atoms with Gasteiger partial charge in [0.15, 0.2) is 0 Å². The summed E-state index contributed by atoms with van der Waals surface area (Å²) in [5, 5.41) is 5.83. The predicted octanol–water partition coefficient (Wildman–Crippen LogP) is 4.64. The highest BCUT2D eigenvalue weighted by atomic mass is 32.1. The van der Waals surface area contributed by atoms with Crippen LogP contribution >= 0.6 is 11.3 Å². The number of halogens is 3. The van der Waals surface area contributed by atoms with Gasteiger partial charge < -0.3 is 10.2 Å². The van der Waals surface area contributed by atoms with Crippen LogP contribution in [0.5, 0.6) is 0 Å². The Labute approximate surface area is 191 Å². The van der Waals surface area contributed by atoms with Gasteiger partial charge in [0.1, 0.15) is 16.5 Å². The van der Waals surface area contributed by atoms with Gasteiger partial charge in [-0.15, -0.1) is 11.3 Å². The first-order valence-corrected chi connectivity index (χ1v) is 11.6. The fraction of sp³-hybridized carbons (Fsp3) is 0.391. The van der Waals surface area contributed by atoms with Crippen molar-refractivity contribution in [2.45, 2.75) is 38.0 Å². The van der Waals surface area contributed by atoms with E-state index >= 15 is 0 Å². The summed E-state index contributed by atoms with van der Waals surface area (Å²) in [6.07, 6.45) is 1.83. The summed E-state index contributed by atoms with van der Waals surface area (Å²) < 4.78 is 38.5. The maximum atomic E-state index is 13.7. The highest BCUT2D eigenvalue weighted by Gasteiger charge is 2.75. The molecule has 1 spiro atoms. The van der Waals surface area contributed by atoms with E-state index in [2.05, 4.69) is 20.3 Å². The molecule has 1 N–H and O–H groups in total. The standard InChI is InChI=1S/C23H20F3N5OS/c1-12-6-15(18(29-9-12)20-27-4-5-33-20)21(32)31-11-14-7-22(14)8-16(19(22)31)30-17-3-2-13(10-28-17)23(24,25)26/h2-6,9-10,14,16,19H,7-8,11H2,1H3,(H,28,30). The van der Waals surface area contributed by atoms with Crippen LogP contribution in [0.1, 0.15) is 34.3 Å². The largest absolute Gasteiger partial charge is 0.417 e. The number of amides is 1. The maximum Gasteiger partial charge on any atom is 0.417 e. The van der Waals surface area contributed by atoms with Gasteiger partial charge in [-0.1, -0.05) is 0 Å². The van der Waals surface area contributed by atoms with Crippen molar-refractivity contribution in [2.24, 2.45) is 11.3 Å². The van der Waals surface area contributed by atoms with Crippen LogP contribution < -0.4 is 5.32 Å². The third-order valence-corrected chi connectivity index (χ3v) is 7.96. The Morgan fingerprint density at radius 2 is 2.06 bits per heavy atom. The molecule has 0 aromatic carbocycles.